The standard InChI is InChI=1S/C12H15F2N2O2S/c1-9-5-10(6-15-19(2)18)3-4-11(9)16(8-17)7-12(13)14/h3-5,8,12H,2,6-7H2,1H3,(H,15,18)/q-1. The molecule has 0 heterocycles. The fraction of sp³-hybridized carbons (Fsp3) is 0.333. The number of nitrogens with zero attached hydrogens (tertiary/aromatic N) is 1. The highest BCUT2D eigenvalue weighted by Crippen LogP contribution is 2.21. The van der Waals surface area contributed by atoms with Crippen LogP contribution < -0.4 is 9.62 Å². The summed E-state index contributed by atoms with van der Waals surface area (Å²) in [6.45, 7) is 1.44. The fourth-order valence-corrected chi connectivity index (χ4v) is 1.99. The van der Waals surface area contributed by atoms with E-state index in [1.807, 2.05) is 0 Å². The van der Waals surface area contributed by atoms with Gasteiger partial charge in [-0.3, -0.25) is 4.79 Å². The Balaban J connectivity index is 2.88. The van der Waals surface area contributed by atoms with Crippen molar-refractivity contribution in [3.63, 3.8) is 0 Å². The maximum absolute atomic E-state index is 12.3. The van der Waals surface area contributed by atoms with Gasteiger partial charge in [-0.05, 0) is 24.1 Å². The molecule has 0 aliphatic carbocycles. The Morgan fingerprint density at radius 2 is 2.21 bits per heavy atom. The average molecular weight is 289 g/mol. The van der Waals surface area contributed by atoms with Gasteiger partial charge < -0.3 is 13.8 Å². The molecular formula is C12H15F2N2O2S-. The monoisotopic (exact) mass is 289 g/mol. The first kappa shape index (κ1) is 15.6. The maximum atomic E-state index is 12.3. The number of nitrogens with one attached hydrogen (secondary N) is 1. The van der Waals surface area contributed by atoms with Gasteiger partial charge in [-0.2, -0.15) is 5.87 Å². The zero-order valence-corrected chi connectivity index (χ0v) is 11.3. The number of hydrogen-bond acceptors (Lipinski definition) is 3. The lowest BCUT2D eigenvalue weighted by atomic mass is 10.1. The van der Waals surface area contributed by atoms with E-state index in [4.69, 9.17) is 0 Å². The van der Waals surface area contributed by atoms with E-state index in [-0.39, 0.29) is 0 Å². The molecule has 106 valence electrons. The van der Waals surface area contributed by atoms with E-state index >= 15 is 0 Å². The van der Waals surface area contributed by atoms with Crippen LogP contribution in [0.1, 0.15) is 11.1 Å². The molecule has 1 aromatic rings. The summed E-state index contributed by atoms with van der Waals surface area (Å²) < 4.78 is 38.1. The molecule has 0 spiro atoms. The molecule has 0 atom stereocenters. The third-order valence-electron chi connectivity index (χ3n) is 2.47. The number of aryl methyl sites for hydroxylation is 1. The second kappa shape index (κ2) is 7.20. The second-order valence-electron chi connectivity index (χ2n) is 3.94. The number of rotatable bonds is 7. The zero-order chi connectivity index (χ0) is 14.4. The molecular weight excluding hydrogens is 274 g/mol. The number of anilines is 1. The van der Waals surface area contributed by atoms with Crippen LogP contribution in [0.4, 0.5) is 14.5 Å². The lowest BCUT2D eigenvalue weighted by Crippen LogP contribution is -2.27. The SMILES string of the molecule is C=[S-](=O)NCc1ccc(N(C=O)CC(F)F)c(C)c1. The van der Waals surface area contributed by atoms with Crippen molar-refractivity contribution in [3.05, 3.63) is 29.3 Å². The molecule has 1 amide bonds. The van der Waals surface area contributed by atoms with Crippen LogP contribution in [0.15, 0.2) is 18.2 Å². The van der Waals surface area contributed by atoms with Crippen LogP contribution in [-0.4, -0.2) is 25.3 Å². The summed E-state index contributed by atoms with van der Waals surface area (Å²) in [5.41, 5.74) is 1.97. The quantitative estimate of drug-likeness (QED) is 0.471. The number of carbonyl (C=O) groups is 1. The topological polar surface area (TPSA) is 49.4 Å². The van der Waals surface area contributed by atoms with Crippen molar-refractivity contribution in [3.8, 4) is 0 Å². The van der Waals surface area contributed by atoms with Crippen molar-refractivity contribution < 1.29 is 17.8 Å². The highest BCUT2D eigenvalue weighted by Gasteiger charge is 2.13. The second-order valence-corrected chi connectivity index (χ2v) is 4.92. The van der Waals surface area contributed by atoms with Gasteiger partial charge in [0.1, 0.15) is 0 Å². The van der Waals surface area contributed by atoms with E-state index in [2.05, 4.69) is 10.6 Å². The zero-order valence-electron chi connectivity index (χ0n) is 10.4. The molecule has 0 saturated carbocycles. The minimum Gasteiger partial charge on any atom is -0.448 e. The molecule has 0 bridgehead atoms. The summed E-state index contributed by atoms with van der Waals surface area (Å²) in [6.07, 6.45) is -2.20. The van der Waals surface area contributed by atoms with Crippen molar-refractivity contribution in [2.45, 2.75) is 19.9 Å². The predicted octanol–water partition coefficient (Wildman–Crippen LogP) is 1.62. The Morgan fingerprint density at radius 3 is 2.68 bits per heavy atom. The summed E-state index contributed by atoms with van der Waals surface area (Å²) in [6, 6.07) is 5.02. The number of hydrogen-bond donors (Lipinski definition) is 1. The largest absolute Gasteiger partial charge is 0.448 e. The van der Waals surface area contributed by atoms with E-state index in [9.17, 15) is 17.8 Å². The van der Waals surface area contributed by atoms with Gasteiger partial charge in [0.25, 0.3) is 6.43 Å². The molecule has 0 aliphatic rings. The van der Waals surface area contributed by atoms with E-state index in [1.165, 1.54) is 0 Å². The number of carbonyl (C=O) groups excluding carboxylic acids is 1. The van der Waals surface area contributed by atoms with Crippen molar-refractivity contribution in [1.82, 2.24) is 4.72 Å². The van der Waals surface area contributed by atoms with E-state index in [0.717, 1.165) is 10.5 Å². The molecule has 1 N–H and O–H groups in total. The third-order valence-corrected chi connectivity index (χ3v) is 2.94. The average Bonchev–Trinajstić information content (AvgIpc) is 2.33. The fourth-order valence-electron chi connectivity index (χ4n) is 1.66. The van der Waals surface area contributed by atoms with Gasteiger partial charge in [0, 0.05) is 12.2 Å². The highest BCUT2D eigenvalue weighted by molar-refractivity contribution is 7.80. The molecule has 1 rings (SSSR count). The van der Waals surface area contributed by atoms with Crippen LogP contribution in [0, 0.1) is 6.92 Å². The number of amides is 1. The number of benzene rings is 1. The first-order valence-corrected chi connectivity index (χ1v) is 6.80. The Hall–Kier alpha value is -1.47. The highest BCUT2D eigenvalue weighted by atomic mass is 32.2. The Bertz CT molecular complexity index is 510. The first-order valence-electron chi connectivity index (χ1n) is 5.48. The number of halogens is 2. The van der Waals surface area contributed by atoms with Crippen LogP contribution in [0.3, 0.4) is 0 Å². The summed E-state index contributed by atoms with van der Waals surface area (Å²) >= 11 is 0. The van der Waals surface area contributed by atoms with Crippen molar-refractivity contribution in [2.75, 3.05) is 11.4 Å². The van der Waals surface area contributed by atoms with Crippen LogP contribution >= 0.6 is 0 Å². The molecule has 0 saturated heterocycles. The van der Waals surface area contributed by atoms with Gasteiger partial charge in [0.05, 0.1) is 6.54 Å². The van der Waals surface area contributed by atoms with E-state index < -0.39 is 23.5 Å². The smallest absolute Gasteiger partial charge is 0.256 e. The van der Waals surface area contributed by atoms with Gasteiger partial charge in [0.2, 0.25) is 6.41 Å². The van der Waals surface area contributed by atoms with Crippen LogP contribution in [0.25, 0.3) is 0 Å². The van der Waals surface area contributed by atoms with Gasteiger partial charge >= 0.3 is 0 Å². The van der Waals surface area contributed by atoms with Crippen molar-refractivity contribution >= 4 is 28.5 Å². The van der Waals surface area contributed by atoms with Gasteiger partial charge in [-0.25, -0.2) is 19.4 Å². The molecule has 0 radical (unpaired) electrons. The summed E-state index contributed by atoms with van der Waals surface area (Å²) in [5.74, 6) is 3.29. The summed E-state index contributed by atoms with van der Waals surface area (Å²) in [4.78, 5) is 11.8. The molecule has 7 heteroatoms. The Kier molecular flexibility index (Phi) is 5.91. The molecule has 1 aromatic carbocycles. The Labute approximate surface area is 112 Å². The lowest BCUT2D eigenvalue weighted by molar-refractivity contribution is -0.107. The minimum absolute atomic E-state index is 0.354. The third kappa shape index (κ3) is 4.96. The molecule has 0 unspecified atom stereocenters. The van der Waals surface area contributed by atoms with E-state index in [1.54, 1.807) is 25.1 Å². The van der Waals surface area contributed by atoms with Gasteiger partial charge in [-0.15, -0.1) is 0 Å². The molecule has 0 aromatic heterocycles. The van der Waals surface area contributed by atoms with Gasteiger partial charge in [0.15, 0.2) is 0 Å². The predicted molar refractivity (Wildman–Crippen MR) is 72.6 cm³/mol. The van der Waals surface area contributed by atoms with Crippen LogP contribution in [-0.2, 0) is 26.1 Å². The minimum atomic E-state index is -2.58. The van der Waals surface area contributed by atoms with Crippen molar-refractivity contribution in [2.24, 2.45) is 0 Å². The first-order chi connectivity index (χ1) is 8.93. The summed E-state index contributed by atoms with van der Waals surface area (Å²) in [7, 11) is -1.36. The van der Waals surface area contributed by atoms with Crippen LogP contribution in [0.5, 0.6) is 0 Å². The lowest BCUT2D eigenvalue weighted by Gasteiger charge is -2.20. The molecule has 0 fully saturated rings. The number of alkyl halides is 2. The normalized spacial score (nSPS) is 11.0. The molecule has 19 heavy (non-hydrogen) atoms. The van der Waals surface area contributed by atoms with Gasteiger partial charge in [-0.1, -0.05) is 12.1 Å². The van der Waals surface area contributed by atoms with Crippen LogP contribution in [0.2, 0.25) is 0 Å². The molecule has 4 nitrogen and oxygen atoms in total. The molecule has 0 aliphatic heterocycles. The Morgan fingerprint density at radius 1 is 1.53 bits per heavy atom. The summed E-state index contributed by atoms with van der Waals surface area (Å²) in [5, 5.41) is 0. The van der Waals surface area contributed by atoms with E-state index in [0.29, 0.717) is 24.2 Å². The van der Waals surface area contributed by atoms with Crippen molar-refractivity contribution in [1.29, 1.82) is 0 Å². The maximum Gasteiger partial charge on any atom is 0.256 e.